The molecule has 0 aliphatic carbocycles. The molecule has 0 N–H and O–H groups in total. The molecule has 2 aliphatic rings. The van der Waals surface area contributed by atoms with Gasteiger partial charge in [0, 0.05) is 57.9 Å². The van der Waals surface area contributed by atoms with E-state index in [4.69, 9.17) is 4.74 Å². The van der Waals surface area contributed by atoms with Crippen LogP contribution in [-0.4, -0.2) is 99.6 Å². The SMILES string of the molecule is CN(C)CCC(=O)N1CCN(C(=O)Cc2ccc(N3CCOCC3)cc2)CC1. The second-order valence-corrected chi connectivity index (χ2v) is 7.76. The molecule has 2 aliphatic heterocycles. The van der Waals surface area contributed by atoms with Gasteiger partial charge in [-0.3, -0.25) is 9.59 Å². The van der Waals surface area contributed by atoms with E-state index in [2.05, 4.69) is 17.0 Å². The Morgan fingerprint density at radius 1 is 0.893 bits per heavy atom. The minimum absolute atomic E-state index is 0.138. The average Bonchev–Trinajstić information content (AvgIpc) is 2.73. The van der Waals surface area contributed by atoms with Gasteiger partial charge in [-0.15, -0.1) is 0 Å². The molecular formula is C21H32N4O3. The highest BCUT2D eigenvalue weighted by molar-refractivity contribution is 5.80. The molecule has 3 rings (SSSR count). The van der Waals surface area contributed by atoms with Crippen LogP contribution in [0.1, 0.15) is 12.0 Å². The number of amides is 2. The quantitative estimate of drug-likeness (QED) is 0.718. The highest BCUT2D eigenvalue weighted by atomic mass is 16.5. The largest absolute Gasteiger partial charge is 0.378 e. The van der Waals surface area contributed by atoms with Crippen LogP contribution in [0.4, 0.5) is 5.69 Å². The lowest BCUT2D eigenvalue weighted by atomic mass is 10.1. The molecule has 0 radical (unpaired) electrons. The van der Waals surface area contributed by atoms with E-state index in [1.54, 1.807) is 0 Å². The van der Waals surface area contributed by atoms with E-state index in [0.29, 0.717) is 39.0 Å². The van der Waals surface area contributed by atoms with Crippen LogP contribution >= 0.6 is 0 Å². The molecule has 2 saturated heterocycles. The number of carbonyl (C=O) groups is 2. The summed E-state index contributed by atoms with van der Waals surface area (Å²) in [6.45, 7) is 6.64. The van der Waals surface area contributed by atoms with E-state index in [1.165, 1.54) is 5.69 Å². The standard InChI is InChI=1S/C21H32N4O3/c1-22(2)8-7-20(26)24-9-11-25(12-10-24)21(27)17-18-3-5-19(6-4-18)23-13-15-28-16-14-23/h3-6H,7-17H2,1-2H3. The lowest BCUT2D eigenvalue weighted by Crippen LogP contribution is -2.51. The van der Waals surface area contributed by atoms with Gasteiger partial charge in [-0.1, -0.05) is 12.1 Å². The van der Waals surface area contributed by atoms with Gasteiger partial charge in [0.2, 0.25) is 11.8 Å². The fraction of sp³-hybridized carbons (Fsp3) is 0.619. The van der Waals surface area contributed by atoms with Crippen molar-refractivity contribution in [2.75, 3.05) is 78.0 Å². The predicted octanol–water partition coefficient (Wildman–Crippen LogP) is 0.688. The highest BCUT2D eigenvalue weighted by Gasteiger charge is 2.24. The van der Waals surface area contributed by atoms with Gasteiger partial charge in [0.1, 0.15) is 0 Å². The van der Waals surface area contributed by atoms with Crippen molar-refractivity contribution >= 4 is 17.5 Å². The van der Waals surface area contributed by atoms with Crippen molar-refractivity contribution in [1.29, 1.82) is 0 Å². The summed E-state index contributed by atoms with van der Waals surface area (Å²) in [4.78, 5) is 32.9. The van der Waals surface area contributed by atoms with Crippen LogP contribution in [0.3, 0.4) is 0 Å². The molecule has 0 atom stereocenters. The van der Waals surface area contributed by atoms with E-state index >= 15 is 0 Å². The second kappa shape index (κ2) is 9.89. The van der Waals surface area contributed by atoms with Gasteiger partial charge in [0.05, 0.1) is 19.6 Å². The minimum atomic E-state index is 0.138. The van der Waals surface area contributed by atoms with Gasteiger partial charge < -0.3 is 24.3 Å². The van der Waals surface area contributed by atoms with Crippen molar-refractivity contribution in [3.8, 4) is 0 Å². The van der Waals surface area contributed by atoms with Crippen LogP contribution in [-0.2, 0) is 20.7 Å². The summed E-state index contributed by atoms with van der Waals surface area (Å²) in [5, 5.41) is 0. The Balaban J connectivity index is 1.44. The smallest absolute Gasteiger partial charge is 0.227 e. The van der Waals surface area contributed by atoms with E-state index < -0.39 is 0 Å². The maximum atomic E-state index is 12.6. The van der Waals surface area contributed by atoms with Crippen molar-refractivity contribution in [2.24, 2.45) is 0 Å². The topological polar surface area (TPSA) is 56.3 Å². The molecule has 2 heterocycles. The number of benzene rings is 1. The third kappa shape index (κ3) is 5.69. The predicted molar refractivity (Wildman–Crippen MR) is 110 cm³/mol. The van der Waals surface area contributed by atoms with Gasteiger partial charge in [-0.25, -0.2) is 0 Å². The second-order valence-electron chi connectivity index (χ2n) is 7.76. The molecule has 1 aromatic carbocycles. The first-order valence-corrected chi connectivity index (χ1v) is 10.1. The van der Waals surface area contributed by atoms with Crippen molar-refractivity contribution in [3.63, 3.8) is 0 Å². The fourth-order valence-electron chi connectivity index (χ4n) is 3.62. The number of morpholine rings is 1. The van der Waals surface area contributed by atoms with E-state index in [1.807, 2.05) is 40.9 Å². The number of hydrogen-bond acceptors (Lipinski definition) is 5. The van der Waals surface area contributed by atoms with E-state index in [9.17, 15) is 9.59 Å². The third-order valence-electron chi connectivity index (χ3n) is 5.43. The summed E-state index contributed by atoms with van der Waals surface area (Å²) in [5.41, 5.74) is 2.22. The summed E-state index contributed by atoms with van der Waals surface area (Å²) in [6, 6.07) is 8.28. The third-order valence-corrected chi connectivity index (χ3v) is 5.43. The van der Waals surface area contributed by atoms with Crippen molar-refractivity contribution in [2.45, 2.75) is 12.8 Å². The summed E-state index contributed by atoms with van der Waals surface area (Å²) in [7, 11) is 3.94. The summed E-state index contributed by atoms with van der Waals surface area (Å²) in [6.07, 6.45) is 0.953. The van der Waals surface area contributed by atoms with E-state index in [0.717, 1.165) is 38.4 Å². The summed E-state index contributed by atoms with van der Waals surface area (Å²) >= 11 is 0. The molecule has 154 valence electrons. The number of anilines is 1. The van der Waals surface area contributed by atoms with Gasteiger partial charge in [0.25, 0.3) is 0 Å². The zero-order valence-electron chi connectivity index (χ0n) is 17.1. The molecule has 1 aromatic rings. The van der Waals surface area contributed by atoms with Gasteiger partial charge in [-0.05, 0) is 31.8 Å². The van der Waals surface area contributed by atoms with Gasteiger partial charge in [0.15, 0.2) is 0 Å². The van der Waals surface area contributed by atoms with Gasteiger partial charge >= 0.3 is 0 Å². The number of hydrogen-bond donors (Lipinski definition) is 0. The molecule has 7 nitrogen and oxygen atoms in total. The van der Waals surface area contributed by atoms with Crippen LogP contribution in [0.2, 0.25) is 0 Å². The zero-order chi connectivity index (χ0) is 19.9. The van der Waals surface area contributed by atoms with Crippen LogP contribution in [0, 0.1) is 0 Å². The maximum Gasteiger partial charge on any atom is 0.227 e. The lowest BCUT2D eigenvalue weighted by Gasteiger charge is -2.35. The summed E-state index contributed by atoms with van der Waals surface area (Å²) in [5.74, 6) is 0.319. The highest BCUT2D eigenvalue weighted by Crippen LogP contribution is 2.17. The Kier molecular flexibility index (Phi) is 7.28. The molecule has 0 saturated carbocycles. The minimum Gasteiger partial charge on any atom is -0.378 e. The molecule has 28 heavy (non-hydrogen) atoms. The molecule has 0 aromatic heterocycles. The van der Waals surface area contributed by atoms with Crippen molar-refractivity contribution in [1.82, 2.24) is 14.7 Å². The molecular weight excluding hydrogens is 356 g/mol. The van der Waals surface area contributed by atoms with Crippen molar-refractivity contribution in [3.05, 3.63) is 29.8 Å². The molecule has 0 bridgehead atoms. The molecule has 2 fully saturated rings. The first-order valence-electron chi connectivity index (χ1n) is 10.1. The average molecular weight is 389 g/mol. The van der Waals surface area contributed by atoms with Crippen LogP contribution in [0.15, 0.2) is 24.3 Å². The Morgan fingerprint density at radius 3 is 2.04 bits per heavy atom. The molecule has 7 heteroatoms. The number of piperazine rings is 1. The fourth-order valence-corrected chi connectivity index (χ4v) is 3.62. The number of rotatable bonds is 6. The van der Waals surface area contributed by atoms with Crippen molar-refractivity contribution < 1.29 is 14.3 Å². The Hall–Kier alpha value is -2.12. The number of nitrogens with zero attached hydrogens (tertiary/aromatic N) is 4. The Labute approximate surface area is 167 Å². The molecule has 0 unspecified atom stereocenters. The zero-order valence-corrected chi connectivity index (χ0v) is 17.1. The van der Waals surface area contributed by atoms with Crippen LogP contribution in [0.25, 0.3) is 0 Å². The first kappa shape index (κ1) is 20.6. The van der Waals surface area contributed by atoms with Gasteiger partial charge in [-0.2, -0.15) is 0 Å². The first-order chi connectivity index (χ1) is 13.5. The Morgan fingerprint density at radius 2 is 1.46 bits per heavy atom. The van der Waals surface area contributed by atoms with Crippen LogP contribution in [0.5, 0.6) is 0 Å². The number of carbonyl (C=O) groups excluding carboxylic acids is 2. The number of ether oxygens (including phenoxy) is 1. The lowest BCUT2D eigenvalue weighted by molar-refractivity contribution is -0.139. The van der Waals surface area contributed by atoms with E-state index in [-0.39, 0.29) is 11.8 Å². The van der Waals surface area contributed by atoms with Crippen LogP contribution < -0.4 is 4.90 Å². The Bertz CT molecular complexity index is 648. The maximum absolute atomic E-state index is 12.6. The summed E-state index contributed by atoms with van der Waals surface area (Å²) < 4.78 is 5.39. The molecule has 2 amide bonds. The molecule has 0 spiro atoms. The normalized spacial score (nSPS) is 17.9. The monoisotopic (exact) mass is 388 g/mol.